The van der Waals surface area contributed by atoms with Crippen LogP contribution in [0.2, 0.25) is 0 Å². The van der Waals surface area contributed by atoms with E-state index in [9.17, 15) is 0 Å². The Hall–Kier alpha value is -0.0800. The SMILES string of the molecule is CC1CC(O)C(C)N1. The summed E-state index contributed by atoms with van der Waals surface area (Å²) in [6, 6.07) is 0.796. The second kappa shape index (κ2) is 2.03. The monoisotopic (exact) mass is 115 g/mol. The van der Waals surface area contributed by atoms with Gasteiger partial charge in [-0.05, 0) is 20.3 Å². The highest BCUT2D eigenvalue weighted by Crippen LogP contribution is 2.11. The van der Waals surface area contributed by atoms with Crippen LogP contribution in [0, 0.1) is 0 Å². The van der Waals surface area contributed by atoms with Crippen molar-refractivity contribution in [2.24, 2.45) is 0 Å². The van der Waals surface area contributed by atoms with Gasteiger partial charge in [-0.25, -0.2) is 0 Å². The van der Waals surface area contributed by atoms with Crippen molar-refractivity contribution in [2.75, 3.05) is 0 Å². The minimum absolute atomic E-state index is 0.120. The molecule has 0 aliphatic carbocycles. The number of aliphatic hydroxyl groups is 1. The van der Waals surface area contributed by atoms with Gasteiger partial charge in [-0.15, -0.1) is 0 Å². The van der Waals surface area contributed by atoms with Crippen molar-refractivity contribution in [1.82, 2.24) is 5.32 Å². The van der Waals surface area contributed by atoms with Gasteiger partial charge in [0.1, 0.15) is 0 Å². The van der Waals surface area contributed by atoms with Crippen LogP contribution in [0.15, 0.2) is 0 Å². The molecule has 48 valence electrons. The molecule has 2 N–H and O–H groups in total. The lowest BCUT2D eigenvalue weighted by molar-refractivity contribution is 0.165. The Kier molecular flexibility index (Phi) is 1.54. The molecule has 0 radical (unpaired) electrons. The van der Waals surface area contributed by atoms with Gasteiger partial charge in [0.15, 0.2) is 0 Å². The van der Waals surface area contributed by atoms with Crippen LogP contribution in [0.4, 0.5) is 0 Å². The van der Waals surface area contributed by atoms with Gasteiger partial charge < -0.3 is 10.4 Å². The summed E-state index contributed by atoms with van der Waals surface area (Å²) in [5.41, 5.74) is 0. The Balaban J connectivity index is 2.39. The normalized spacial score (nSPS) is 47.6. The maximum absolute atomic E-state index is 9.11. The molecule has 1 heterocycles. The number of hydrogen-bond acceptors (Lipinski definition) is 2. The molecule has 1 fully saturated rings. The van der Waals surface area contributed by atoms with E-state index < -0.39 is 0 Å². The zero-order valence-corrected chi connectivity index (χ0v) is 5.39. The van der Waals surface area contributed by atoms with Crippen LogP contribution < -0.4 is 5.32 Å². The molecule has 0 aromatic carbocycles. The van der Waals surface area contributed by atoms with E-state index in [2.05, 4.69) is 12.2 Å². The van der Waals surface area contributed by atoms with E-state index in [0.717, 1.165) is 6.42 Å². The Labute approximate surface area is 49.9 Å². The maximum Gasteiger partial charge on any atom is 0.0705 e. The van der Waals surface area contributed by atoms with Crippen LogP contribution in [0.3, 0.4) is 0 Å². The highest BCUT2D eigenvalue weighted by Gasteiger charge is 2.25. The topological polar surface area (TPSA) is 32.3 Å². The highest BCUT2D eigenvalue weighted by molar-refractivity contribution is 4.84. The standard InChI is InChI=1S/C6H13NO/c1-4-3-6(8)5(2)7-4/h4-8H,3H2,1-2H3. The average Bonchev–Trinajstić information content (AvgIpc) is 1.85. The van der Waals surface area contributed by atoms with Crippen LogP contribution in [-0.2, 0) is 0 Å². The molecule has 0 saturated carbocycles. The lowest BCUT2D eigenvalue weighted by atomic mass is 10.2. The molecule has 0 spiro atoms. The lowest BCUT2D eigenvalue weighted by Crippen LogP contribution is -2.28. The van der Waals surface area contributed by atoms with E-state index >= 15 is 0 Å². The summed E-state index contributed by atoms with van der Waals surface area (Å²) in [5.74, 6) is 0. The van der Waals surface area contributed by atoms with Gasteiger partial charge in [0.05, 0.1) is 6.10 Å². The highest BCUT2D eigenvalue weighted by atomic mass is 16.3. The third-order valence-electron chi connectivity index (χ3n) is 1.72. The van der Waals surface area contributed by atoms with Crippen LogP contribution in [0.1, 0.15) is 20.3 Å². The molecule has 1 saturated heterocycles. The minimum Gasteiger partial charge on any atom is -0.391 e. The van der Waals surface area contributed by atoms with Crippen molar-refractivity contribution in [2.45, 2.75) is 38.5 Å². The fourth-order valence-electron chi connectivity index (χ4n) is 1.19. The number of aliphatic hydroxyl groups excluding tert-OH is 1. The predicted octanol–water partition coefficient (Wildman–Crippen LogP) is 0.118. The smallest absolute Gasteiger partial charge is 0.0705 e. The van der Waals surface area contributed by atoms with Gasteiger partial charge in [-0.3, -0.25) is 0 Å². The van der Waals surface area contributed by atoms with Gasteiger partial charge in [0, 0.05) is 12.1 Å². The third kappa shape index (κ3) is 1.01. The minimum atomic E-state index is -0.120. The second-order valence-electron chi connectivity index (χ2n) is 2.66. The average molecular weight is 115 g/mol. The summed E-state index contributed by atoms with van der Waals surface area (Å²) >= 11 is 0. The summed E-state index contributed by atoms with van der Waals surface area (Å²) in [7, 11) is 0. The summed E-state index contributed by atoms with van der Waals surface area (Å²) in [6.45, 7) is 4.10. The molecule has 1 rings (SSSR count). The first-order valence-electron chi connectivity index (χ1n) is 3.14. The van der Waals surface area contributed by atoms with Gasteiger partial charge in [-0.1, -0.05) is 0 Å². The fourth-order valence-corrected chi connectivity index (χ4v) is 1.19. The second-order valence-corrected chi connectivity index (χ2v) is 2.66. The van der Waals surface area contributed by atoms with Crippen molar-refractivity contribution in [3.05, 3.63) is 0 Å². The summed E-state index contributed by atoms with van der Waals surface area (Å²) < 4.78 is 0. The zero-order chi connectivity index (χ0) is 6.15. The van der Waals surface area contributed by atoms with Gasteiger partial charge >= 0.3 is 0 Å². The van der Waals surface area contributed by atoms with Gasteiger partial charge in [0.2, 0.25) is 0 Å². The number of nitrogens with one attached hydrogen (secondary N) is 1. The molecule has 0 aromatic heterocycles. The first-order valence-corrected chi connectivity index (χ1v) is 3.14. The quantitative estimate of drug-likeness (QED) is 0.470. The molecule has 0 bridgehead atoms. The van der Waals surface area contributed by atoms with Gasteiger partial charge in [0.25, 0.3) is 0 Å². The summed E-state index contributed by atoms with van der Waals surface area (Å²) in [4.78, 5) is 0. The van der Waals surface area contributed by atoms with E-state index in [1.807, 2.05) is 6.92 Å². The molecule has 8 heavy (non-hydrogen) atoms. The molecule has 0 aromatic rings. The molecule has 2 nitrogen and oxygen atoms in total. The number of rotatable bonds is 0. The van der Waals surface area contributed by atoms with Crippen molar-refractivity contribution in [3.8, 4) is 0 Å². The Morgan fingerprint density at radius 2 is 2.12 bits per heavy atom. The van der Waals surface area contributed by atoms with Crippen LogP contribution in [0.25, 0.3) is 0 Å². The van der Waals surface area contributed by atoms with Crippen LogP contribution in [0.5, 0.6) is 0 Å². The number of hydrogen-bond donors (Lipinski definition) is 2. The molecule has 1 aliphatic heterocycles. The van der Waals surface area contributed by atoms with Crippen molar-refractivity contribution in [3.63, 3.8) is 0 Å². The molecule has 0 amide bonds. The van der Waals surface area contributed by atoms with E-state index in [4.69, 9.17) is 5.11 Å². The maximum atomic E-state index is 9.11. The van der Waals surface area contributed by atoms with E-state index in [1.165, 1.54) is 0 Å². The van der Waals surface area contributed by atoms with Crippen molar-refractivity contribution < 1.29 is 5.11 Å². The van der Waals surface area contributed by atoms with Gasteiger partial charge in [-0.2, -0.15) is 0 Å². The summed E-state index contributed by atoms with van der Waals surface area (Å²) in [5, 5.41) is 12.3. The predicted molar refractivity (Wildman–Crippen MR) is 32.7 cm³/mol. The van der Waals surface area contributed by atoms with E-state index in [1.54, 1.807) is 0 Å². The Bertz CT molecular complexity index is 74.6. The van der Waals surface area contributed by atoms with E-state index in [0.29, 0.717) is 12.1 Å². The largest absolute Gasteiger partial charge is 0.391 e. The van der Waals surface area contributed by atoms with E-state index in [-0.39, 0.29) is 6.10 Å². The van der Waals surface area contributed by atoms with Crippen molar-refractivity contribution in [1.29, 1.82) is 0 Å². The molecule has 3 atom stereocenters. The molecular weight excluding hydrogens is 102 g/mol. The van der Waals surface area contributed by atoms with Crippen LogP contribution in [-0.4, -0.2) is 23.3 Å². The van der Waals surface area contributed by atoms with Crippen molar-refractivity contribution >= 4 is 0 Å². The lowest BCUT2D eigenvalue weighted by Gasteiger charge is -2.05. The Morgan fingerprint density at radius 1 is 1.50 bits per heavy atom. The fraction of sp³-hybridized carbons (Fsp3) is 1.00. The molecular formula is C6H13NO. The molecule has 1 aliphatic rings. The summed E-state index contributed by atoms with van der Waals surface area (Å²) in [6.07, 6.45) is 0.784. The molecule has 3 unspecified atom stereocenters. The first kappa shape index (κ1) is 6.05. The van der Waals surface area contributed by atoms with Crippen LogP contribution >= 0.6 is 0 Å². The zero-order valence-electron chi connectivity index (χ0n) is 5.39. The third-order valence-corrected chi connectivity index (χ3v) is 1.72. The molecule has 2 heteroatoms. The first-order chi connectivity index (χ1) is 3.70. The Morgan fingerprint density at radius 3 is 2.25 bits per heavy atom.